The molecule has 2 unspecified atom stereocenters. The number of hydrogen-bond acceptors (Lipinski definition) is 4. The number of nitro groups is 1. The zero-order chi connectivity index (χ0) is 26.6. The maximum Gasteiger partial charge on any atom is 0.410 e. The van der Waals surface area contributed by atoms with Gasteiger partial charge in [-0.1, -0.05) is 117 Å². The summed E-state index contributed by atoms with van der Waals surface area (Å²) in [7, 11) is 0. The van der Waals surface area contributed by atoms with E-state index in [9.17, 15) is 14.9 Å². The van der Waals surface area contributed by atoms with Crippen LogP contribution in [0.2, 0.25) is 0 Å². The Morgan fingerprint density at radius 3 is 1.75 bits per heavy atom. The quantitative estimate of drug-likeness (QED) is 0.0948. The second-order valence-electron chi connectivity index (χ2n) is 10.1. The number of carbonyl (C=O) groups excluding carboxylic acids is 1. The molecule has 206 valence electrons. The first-order valence-corrected chi connectivity index (χ1v) is 14.7. The zero-order valence-electron chi connectivity index (χ0n) is 23.5. The molecule has 1 aromatic carbocycles. The minimum absolute atomic E-state index is 0.00100. The lowest BCUT2D eigenvalue weighted by molar-refractivity contribution is -0.385. The summed E-state index contributed by atoms with van der Waals surface area (Å²) in [4.78, 5) is 26.7. The van der Waals surface area contributed by atoms with Crippen molar-refractivity contribution in [1.82, 2.24) is 4.90 Å². The van der Waals surface area contributed by atoms with E-state index in [1.165, 1.54) is 57.4 Å². The molecule has 0 spiro atoms. The Bertz CT molecular complexity index is 701. The summed E-state index contributed by atoms with van der Waals surface area (Å²) in [6, 6.07) is 6.84. The van der Waals surface area contributed by atoms with Crippen LogP contribution in [0.25, 0.3) is 0 Å². The second kappa shape index (κ2) is 20.0. The van der Waals surface area contributed by atoms with E-state index in [0.29, 0.717) is 5.56 Å². The minimum Gasteiger partial charge on any atom is -0.444 e. The summed E-state index contributed by atoms with van der Waals surface area (Å²) in [5, 5.41) is 11.4. The van der Waals surface area contributed by atoms with Gasteiger partial charge in [0.15, 0.2) is 0 Å². The lowest BCUT2D eigenvalue weighted by Gasteiger charge is -2.38. The molecule has 0 saturated heterocycles. The van der Waals surface area contributed by atoms with Gasteiger partial charge < -0.3 is 9.64 Å². The number of hydrogen-bond donors (Lipinski definition) is 0. The lowest BCUT2D eigenvalue weighted by atomic mass is 9.96. The van der Waals surface area contributed by atoms with Gasteiger partial charge in [-0.05, 0) is 31.7 Å². The number of nitrogens with zero attached hydrogens (tertiary/aromatic N) is 2. The van der Waals surface area contributed by atoms with Gasteiger partial charge in [0.1, 0.15) is 6.61 Å². The van der Waals surface area contributed by atoms with Crippen molar-refractivity contribution in [3.63, 3.8) is 0 Å². The van der Waals surface area contributed by atoms with Gasteiger partial charge in [-0.15, -0.1) is 0 Å². The number of ether oxygens (including phenoxy) is 1. The zero-order valence-corrected chi connectivity index (χ0v) is 23.5. The van der Waals surface area contributed by atoms with E-state index in [2.05, 4.69) is 27.7 Å². The first-order chi connectivity index (χ1) is 17.5. The first kappa shape index (κ1) is 31.9. The van der Waals surface area contributed by atoms with Crippen molar-refractivity contribution in [3.8, 4) is 0 Å². The van der Waals surface area contributed by atoms with Gasteiger partial charge in [0.05, 0.1) is 10.5 Å². The molecule has 0 bridgehead atoms. The Morgan fingerprint density at radius 2 is 1.28 bits per heavy atom. The molecule has 0 N–H and O–H groups in total. The molecule has 2 atom stereocenters. The Balaban J connectivity index is 3.05. The highest BCUT2D eigenvalue weighted by atomic mass is 16.6. The van der Waals surface area contributed by atoms with Crippen molar-refractivity contribution in [2.45, 2.75) is 149 Å². The van der Waals surface area contributed by atoms with E-state index in [0.717, 1.165) is 51.4 Å². The van der Waals surface area contributed by atoms with Gasteiger partial charge in [-0.2, -0.15) is 0 Å². The van der Waals surface area contributed by atoms with Crippen molar-refractivity contribution in [3.05, 3.63) is 39.9 Å². The number of benzene rings is 1. The van der Waals surface area contributed by atoms with Gasteiger partial charge in [0.2, 0.25) is 0 Å². The van der Waals surface area contributed by atoms with Crippen LogP contribution in [0.5, 0.6) is 0 Å². The Labute approximate surface area is 220 Å². The van der Waals surface area contributed by atoms with Crippen LogP contribution in [0.1, 0.15) is 136 Å². The Kier molecular flexibility index (Phi) is 17.7. The number of rotatable bonds is 21. The van der Waals surface area contributed by atoms with E-state index >= 15 is 0 Å². The van der Waals surface area contributed by atoms with Crippen LogP contribution in [0, 0.1) is 10.1 Å². The SMILES string of the molecule is CCCCCCCC(CCC)N(C(=O)OCc1ccccc1[N+](=O)[O-])C(CCC)CCCCCCC. The first-order valence-electron chi connectivity index (χ1n) is 14.7. The maximum absolute atomic E-state index is 13.6. The molecule has 36 heavy (non-hydrogen) atoms. The number of carbonyl (C=O) groups is 1. The number of nitro benzene ring substituents is 1. The summed E-state index contributed by atoms with van der Waals surface area (Å²) in [6.45, 7) is 8.74. The van der Waals surface area contributed by atoms with Gasteiger partial charge in [0, 0.05) is 18.2 Å². The molecule has 6 nitrogen and oxygen atoms in total. The fourth-order valence-electron chi connectivity index (χ4n) is 5.10. The molecule has 0 aromatic heterocycles. The summed E-state index contributed by atoms with van der Waals surface area (Å²) in [6.07, 6.45) is 17.7. The summed E-state index contributed by atoms with van der Waals surface area (Å²) in [5.74, 6) is 0. The highest BCUT2D eigenvalue weighted by Gasteiger charge is 2.31. The third-order valence-electron chi connectivity index (χ3n) is 7.06. The van der Waals surface area contributed by atoms with E-state index in [4.69, 9.17) is 4.74 Å². The summed E-state index contributed by atoms with van der Waals surface area (Å²) >= 11 is 0. The Hall–Kier alpha value is -2.11. The normalized spacial score (nSPS) is 12.8. The molecule has 0 aliphatic rings. The lowest BCUT2D eigenvalue weighted by Crippen LogP contribution is -2.47. The van der Waals surface area contributed by atoms with Crippen LogP contribution in [0.4, 0.5) is 10.5 Å². The van der Waals surface area contributed by atoms with Crippen molar-refractivity contribution in [2.24, 2.45) is 0 Å². The van der Waals surface area contributed by atoms with Crippen molar-refractivity contribution in [1.29, 1.82) is 0 Å². The number of amides is 1. The molecule has 1 rings (SSSR count). The van der Waals surface area contributed by atoms with Crippen molar-refractivity contribution >= 4 is 11.8 Å². The smallest absolute Gasteiger partial charge is 0.410 e. The number of unbranched alkanes of at least 4 members (excludes halogenated alkanes) is 8. The van der Waals surface area contributed by atoms with E-state index < -0.39 is 4.92 Å². The number of para-hydroxylation sites is 1. The molecule has 0 aliphatic carbocycles. The molecule has 1 aromatic rings. The highest BCUT2D eigenvalue weighted by molar-refractivity contribution is 5.68. The van der Waals surface area contributed by atoms with Crippen molar-refractivity contribution < 1.29 is 14.5 Å². The van der Waals surface area contributed by atoms with Crippen LogP contribution < -0.4 is 0 Å². The van der Waals surface area contributed by atoms with E-state index in [-0.39, 0.29) is 30.5 Å². The van der Waals surface area contributed by atoms with Crippen LogP contribution in [0.3, 0.4) is 0 Å². The average molecular weight is 505 g/mol. The van der Waals surface area contributed by atoms with E-state index in [1.807, 2.05) is 4.90 Å². The molecule has 1 amide bonds. The fraction of sp³-hybridized carbons (Fsp3) is 0.767. The predicted molar refractivity (Wildman–Crippen MR) is 149 cm³/mol. The van der Waals surface area contributed by atoms with Gasteiger partial charge in [-0.25, -0.2) is 4.79 Å². The summed E-state index contributed by atoms with van der Waals surface area (Å²) in [5.41, 5.74) is 0.438. The molecule has 0 aliphatic heterocycles. The van der Waals surface area contributed by atoms with Gasteiger partial charge >= 0.3 is 6.09 Å². The van der Waals surface area contributed by atoms with Gasteiger partial charge in [-0.3, -0.25) is 10.1 Å². The average Bonchev–Trinajstić information content (AvgIpc) is 2.87. The fourth-order valence-corrected chi connectivity index (χ4v) is 5.10. The molecule has 6 heteroatoms. The van der Waals surface area contributed by atoms with Crippen molar-refractivity contribution in [2.75, 3.05) is 0 Å². The molecular formula is C30H52N2O4. The molecule has 0 heterocycles. The monoisotopic (exact) mass is 504 g/mol. The molecular weight excluding hydrogens is 452 g/mol. The van der Waals surface area contributed by atoms with Crippen LogP contribution in [-0.2, 0) is 11.3 Å². The van der Waals surface area contributed by atoms with Crippen LogP contribution >= 0.6 is 0 Å². The standard InChI is InChI=1S/C30H52N2O4/c1-5-9-11-13-15-22-27(19-7-3)31(28(20-8-4)23-16-14-12-10-6-2)30(33)36-25-26-21-17-18-24-29(26)32(34)35/h17-18,21,24,27-28H,5-16,19-20,22-23,25H2,1-4H3. The topological polar surface area (TPSA) is 72.7 Å². The highest BCUT2D eigenvalue weighted by Crippen LogP contribution is 2.26. The Morgan fingerprint density at radius 1 is 0.778 bits per heavy atom. The predicted octanol–water partition coefficient (Wildman–Crippen LogP) is 9.59. The molecule has 0 saturated carbocycles. The summed E-state index contributed by atoms with van der Waals surface area (Å²) < 4.78 is 5.81. The molecule has 0 radical (unpaired) electrons. The maximum atomic E-state index is 13.6. The molecule has 0 fully saturated rings. The van der Waals surface area contributed by atoms with Crippen LogP contribution in [0.15, 0.2) is 24.3 Å². The largest absolute Gasteiger partial charge is 0.444 e. The van der Waals surface area contributed by atoms with Gasteiger partial charge in [0.25, 0.3) is 5.69 Å². The van der Waals surface area contributed by atoms with Crippen LogP contribution in [-0.4, -0.2) is 28.0 Å². The third kappa shape index (κ3) is 12.2. The van der Waals surface area contributed by atoms with E-state index in [1.54, 1.807) is 18.2 Å². The minimum atomic E-state index is -0.409. The second-order valence-corrected chi connectivity index (χ2v) is 10.1. The third-order valence-corrected chi connectivity index (χ3v) is 7.06.